The molecule has 0 saturated carbocycles. The molecular weight excluding hydrogens is 358 g/mol. The zero-order valence-electron chi connectivity index (χ0n) is 16.9. The molecule has 0 saturated heterocycles. The summed E-state index contributed by atoms with van der Waals surface area (Å²) in [5.41, 5.74) is 7.33. The molecule has 2 aromatic heterocycles. The first kappa shape index (κ1) is 17.8. The number of fused-ring (bicyclic) bond motifs is 2. The summed E-state index contributed by atoms with van der Waals surface area (Å²) in [6, 6.07) is 12.8. The summed E-state index contributed by atoms with van der Waals surface area (Å²) in [6.45, 7) is 2.98. The van der Waals surface area contributed by atoms with Gasteiger partial charge < -0.3 is 4.90 Å². The molecule has 0 amide bonds. The number of allylic oxidation sites excluding steroid dienone is 1. The molecule has 1 aromatic carbocycles. The van der Waals surface area contributed by atoms with Crippen LogP contribution in [0.2, 0.25) is 0 Å². The molecule has 2 aliphatic heterocycles. The van der Waals surface area contributed by atoms with Crippen LogP contribution >= 0.6 is 0 Å². The lowest BCUT2D eigenvalue weighted by molar-refractivity contribution is 0.402. The number of pyridine rings is 1. The fourth-order valence-corrected chi connectivity index (χ4v) is 3.83. The number of hydrogen-bond acceptors (Lipinski definition) is 4. The lowest BCUT2D eigenvalue weighted by Gasteiger charge is -2.13. The molecular formula is C24H23N5. The SMILES string of the molecule is Cc1ccc(-c2nc3cc(CN(C)C)ccn3c2C2=NC3=NC=CC3C=C2)cc1. The van der Waals surface area contributed by atoms with E-state index in [0.717, 1.165) is 40.7 Å². The number of aliphatic imine (C=N–C) groups is 2. The van der Waals surface area contributed by atoms with Gasteiger partial charge in [0.05, 0.1) is 23.0 Å². The van der Waals surface area contributed by atoms with Crippen LogP contribution in [0.25, 0.3) is 16.9 Å². The first-order valence-electron chi connectivity index (χ1n) is 9.83. The molecule has 5 nitrogen and oxygen atoms in total. The van der Waals surface area contributed by atoms with Crippen molar-refractivity contribution in [3.8, 4) is 11.3 Å². The van der Waals surface area contributed by atoms with Crippen molar-refractivity contribution in [3.05, 3.63) is 83.8 Å². The van der Waals surface area contributed by atoms with E-state index in [1.54, 1.807) is 0 Å². The van der Waals surface area contributed by atoms with Gasteiger partial charge in [-0.05, 0) is 44.8 Å². The molecule has 29 heavy (non-hydrogen) atoms. The minimum Gasteiger partial charge on any atom is -0.305 e. The molecule has 0 spiro atoms. The van der Waals surface area contributed by atoms with Crippen LogP contribution in [0.15, 0.2) is 77.0 Å². The predicted molar refractivity (Wildman–Crippen MR) is 118 cm³/mol. The molecule has 5 rings (SSSR count). The summed E-state index contributed by atoms with van der Waals surface area (Å²) in [4.78, 5) is 16.5. The second kappa shape index (κ2) is 6.94. The third-order valence-corrected chi connectivity index (χ3v) is 5.25. The van der Waals surface area contributed by atoms with Crippen molar-refractivity contribution in [1.82, 2.24) is 14.3 Å². The van der Waals surface area contributed by atoms with E-state index in [2.05, 4.69) is 96.1 Å². The lowest BCUT2D eigenvalue weighted by Crippen LogP contribution is -2.15. The van der Waals surface area contributed by atoms with Gasteiger partial charge in [0.25, 0.3) is 0 Å². The molecule has 0 bridgehead atoms. The minimum absolute atomic E-state index is 0.187. The number of imidazole rings is 1. The maximum absolute atomic E-state index is 5.02. The molecule has 1 unspecified atom stereocenters. The summed E-state index contributed by atoms with van der Waals surface area (Å²) in [7, 11) is 4.15. The number of rotatable bonds is 4. The van der Waals surface area contributed by atoms with E-state index < -0.39 is 0 Å². The van der Waals surface area contributed by atoms with E-state index in [-0.39, 0.29) is 5.92 Å². The average Bonchev–Trinajstić information content (AvgIpc) is 3.31. The highest BCUT2D eigenvalue weighted by molar-refractivity contribution is 6.18. The first-order valence-corrected chi connectivity index (χ1v) is 9.83. The second-order valence-electron chi connectivity index (χ2n) is 7.89. The number of aryl methyl sites for hydroxylation is 1. The van der Waals surface area contributed by atoms with Crippen LogP contribution in [0.4, 0.5) is 0 Å². The largest absolute Gasteiger partial charge is 0.305 e. The standard InChI is InChI=1S/C24H23N5/c1-16-4-6-18(7-5-16)22-23(20-9-8-19-10-12-25-24(19)26-20)29-13-11-17(15-28(2)3)14-21(29)27-22/h4-14,19H,15H2,1-3H3. The third-order valence-electron chi connectivity index (χ3n) is 5.25. The number of dihydropyridines is 1. The number of benzene rings is 1. The zero-order chi connectivity index (χ0) is 20.0. The minimum atomic E-state index is 0.187. The van der Waals surface area contributed by atoms with Crippen LogP contribution in [0.5, 0.6) is 0 Å². The Morgan fingerprint density at radius 1 is 1.07 bits per heavy atom. The van der Waals surface area contributed by atoms with Crippen LogP contribution in [0.1, 0.15) is 16.8 Å². The van der Waals surface area contributed by atoms with Crippen molar-refractivity contribution < 1.29 is 0 Å². The van der Waals surface area contributed by atoms with Gasteiger partial charge in [-0.15, -0.1) is 0 Å². The molecule has 0 radical (unpaired) electrons. The van der Waals surface area contributed by atoms with E-state index in [4.69, 9.17) is 9.98 Å². The molecule has 144 valence electrons. The Kier molecular flexibility index (Phi) is 4.25. The Balaban J connectivity index is 1.70. The predicted octanol–water partition coefficient (Wildman–Crippen LogP) is 4.27. The van der Waals surface area contributed by atoms with Crippen molar-refractivity contribution in [3.63, 3.8) is 0 Å². The molecule has 3 aromatic rings. The van der Waals surface area contributed by atoms with Crippen molar-refractivity contribution in [1.29, 1.82) is 0 Å². The van der Waals surface area contributed by atoms with Gasteiger partial charge in [-0.1, -0.05) is 42.0 Å². The summed E-state index contributed by atoms with van der Waals surface area (Å²) in [5.74, 6) is 1.03. The maximum atomic E-state index is 5.02. The highest BCUT2D eigenvalue weighted by Crippen LogP contribution is 2.29. The fourth-order valence-electron chi connectivity index (χ4n) is 3.83. The number of amidine groups is 1. The molecule has 4 heterocycles. The first-order chi connectivity index (χ1) is 14.1. The zero-order valence-corrected chi connectivity index (χ0v) is 16.9. The van der Waals surface area contributed by atoms with Crippen LogP contribution < -0.4 is 0 Å². The molecule has 0 fully saturated rings. The Bertz CT molecular complexity index is 1210. The monoisotopic (exact) mass is 381 g/mol. The Labute approximate surface area is 170 Å². The quantitative estimate of drug-likeness (QED) is 0.677. The summed E-state index contributed by atoms with van der Waals surface area (Å²) < 4.78 is 2.14. The number of aromatic nitrogens is 2. The third kappa shape index (κ3) is 3.23. The fraction of sp³-hybridized carbons (Fsp3) is 0.208. The lowest BCUT2D eigenvalue weighted by atomic mass is 10.0. The normalized spacial score (nSPS) is 17.7. The van der Waals surface area contributed by atoms with Crippen LogP contribution in [-0.2, 0) is 6.54 Å². The van der Waals surface area contributed by atoms with Gasteiger partial charge in [0.15, 0.2) is 0 Å². The second-order valence-corrected chi connectivity index (χ2v) is 7.89. The van der Waals surface area contributed by atoms with Gasteiger partial charge in [-0.2, -0.15) is 0 Å². The van der Waals surface area contributed by atoms with Crippen molar-refractivity contribution in [2.45, 2.75) is 13.5 Å². The molecule has 5 heteroatoms. The highest BCUT2D eigenvalue weighted by Gasteiger charge is 2.23. The molecule has 1 atom stereocenters. The Hall–Kier alpha value is -3.31. The molecule has 0 aliphatic carbocycles. The summed E-state index contributed by atoms with van der Waals surface area (Å²) in [6.07, 6.45) is 10.2. The van der Waals surface area contributed by atoms with Gasteiger partial charge in [0.1, 0.15) is 11.5 Å². The van der Waals surface area contributed by atoms with Gasteiger partial charge in [-0.3, -0.25) is 4.40 Å². The van der Waals surface area contributed by atoms with Gasteiger partial charge in [-0.25, -0.2) is 15.0 Å². The Morgan fingerprint density at radius 3 is 2.69 bits per heavy atom. The maximum Gasteiger partial charge on any atom is 0.139 e. The highest BCUT2D eigenvalue weighted by atomic mass is 15.1. The van der Waals surface area contributed by atoms with E-state index in [1.807, 2.05) is 6.20 Å². The van der Waals surface area contributed by atoms with Crippen molar-refractivity contribution >= 4 is 17.2 Å². The van der Waals surface area contributed by atoms with Crippen LogP contribution in [0, 0.1) is 12.8 Å². The van der Waals surface area contributed by atoms with Crippen LogP contribution in [-0.4, -0.2) is 39.9 Å². The van der Waals surface area contributed by atoms with E-state index in [0.29, 0.717) is 0 Å². The van der Waals surface area contributed by atoms with Gasteiger partial charge >= 0.3 is 0 Å². The average molecular weight is 381 g/mol. The van der Waals surface area contributed by atoms with Crippen molar-refractivity contribution in [2.75, 3.05) is 14.1 Å². The van der Waals surface area contributed by atoms with E-state index in [1.165, 1.54) is 11.1 Å². The summed E-state index contributed by atoms with van der Waals surface area (Å²) >= 11 is 0. The van der Waals surface area contributed by atoms with Gasteiger partial charge in [0, 0.05) is 24.5 Å². The van der Waals surface area contributed by atoms with Crippen molar-refractivity contribution in [2.24, 2.45) is 15.9 Å². The van der Waals surface area contributed by atoms with E-state index >= 15 is 0 Å². The van der Waals surface area contributed by atoms with Crippen LogP contribution in [0.3, 0.4) is 0 Å². The number of nitrogens with zero attached hydrogens (tertiary/aromatic N) is 5. The Morgan fingerprint density at radius 2 is 1.90 bits per heavy atom. The van der Waals surface area contributed by atoms with Gasteiger partial charge in [0.2, 0.25) is 0 Å². The molecule has 0 N–H and O–H groups in total. The number of hydrogen-bond donors (Lipinski definition) is 0. The van der Waals surface area contributed by atoms with E-state index in [9.17, 15) is 0 Å². The summed E-state index contributed by atoms with van der Waals surface area (Å²) in [5, 5.41) is 0. The molecule has 2 aliphatic rings. The topological polar surface area (TPSA) is 45.3 Å². The smallest absolute Gasteiger partial charge is 0.139 e.